The van der Waals surface area contributed by atoms with Crippen molar-refractivity contribution in [2.75, 3.05) is 12.3 Å². The Labute approximate surface area is 125 Å². The number of pyridine rings is 1. The van der Waals surface area contributed by atoms with Crippen LogP contribution in [0.3, 0.4) is 0 Å². The standard InChI is InChI=1S/C16H22N4O/c1-2-21-13-8-6-12(7-9-13)20-11-14(17)16(19-20)15-5-3-4-10-18-15/h3-5,10-13H,2,6-9,17H2,1H3/t12-,13-. The molecule has 112 valence electrons. The molecular weight excluding hydrogens is 264 g/mol. The van der Waals surface area contributed by atoms with Gasteiger partial charge in [-0.15, -0.1) is 0 Å². The smallest absolute Gasteiger partial charge is 0.134 e. The predicted octanol–water partition coefficient (Wildman–Crippen LogP) is 3.05. The van der Waals surface area contributed by atoms with Crippen molar-refractivity contribution in [3.63, 3.8) is 0 Å². The fourth-order valence-electron chi connectivity index (χ4n) is 3.01. The lowest BCUT2D eigenvalue weighted by Gasteiger charge is -2.28. The number of nitrogen functional groups attached to an aromatic ring is 1. The monoisotopic (exact) mass is 286 g/mol. The topological polar surface area (TPSA) is 66.0 Å². The average Bonchev–Trinajstić information content (AvgIpc) is 2.91. The lowest BCUT2D eigenvalue weighted by Crippen LogP contribution is -2.24. The van der Waals surface area contributed by atoms with Crippen molar-refractivity contribution in [1.29, 1.82) is 0 Å². The van der Waals surface area contributed by atoms with Gasteiger partial charge in [0, 0.05) is 19.0 Å². The highest BCUT2D eigenvalue weighted by Crippen LogP contribution is 2.32. The quantitative estimate of drug-likeness (QED) is 0.938. The third kappa shape index (κ3) is 3.08. The second-order valence-electron chi connectivity index (χ2n) is 5.51. The number of rotatable bonds is 4. The molecule has 1 saturated carbocycles. The van der Waals surface area contributed by atoms with E-state index in [1.54, 1.807) is 6.20 Å². The van der Waals surface area contributed by atoms with Crippen LogP contribution in [0.5, 0.6) is 0 Å². The van der Waals surface area contributed by atoms with E-state index in [9.17, 15) is 0 Å². The van der Waals surface area contributed by atoms with Crippen LogP contribution in [-0.4, -0.2) is 27.5 Å². The summed E-state index contributed by atoms with van der Waals surface area (Å²) in [5, 5.41) is 4.66. The van der Waals surface area contributed by atoms with E-state index in [1.165, 1.54) is 0 Å². The number of hydrogen-bond acceptors (Lipinski definition) is 4. The average molecular weight is 286 g/mol. The summed E-state index contributed by atoms with van der Waals surface area (Å²) in [5.41, 5.74) is 8.41. The molecular formula is C16H22N4O. The second kappa shape index (κ2) is 6.26. The van der Waals surface area contributed by atoms with Gasteiger partial charge in [0.25, 0.3) is 0 Å². The zero-order chi connectivity index (χ0) is 14.7. The number of ether oxygens (including phenoxy) is 1. The lowest BCUT2D eigenvalue weighted by molar-refractivity contribution is 0.0260. The zero-order valence-electron chi connectivity index (χ0n) is 12.4. The van der Waals surface area contributed by atoms with Crippen molar-refractivity contribution < 1.29 is 4.74 Å². The van der Waals surface area contributed by atoms with Crippen molar-refractivity contribution >= 4 is 5.69 Å². The van der Waals surface area contributed by atoms with Crippen LogP contribution < -0.4 is 5.73 Å². The molecule has 0 aliphatic heterocycles. The minimum Gasteiger partial charge on any atom is -0.396 e. The van der Waals surface area contributed by atoms with E-state index in [0.29, 0.717) is 17.8 Å². The summed E-state index contributed by atoms with van der Waals surface area (Å²) in [6.07, 6.45) is 8.49. The molecule has 5 nitrogen and oxygen atoms in total. The molecule has 0 saturated heterocycles. The first kappa shape index (κ1) is 14.1. The first-order valence-corrected chi connectivity index (χ1v) is 7.65. The molecule has 2 heterocycles. The van der Waals surface area contributed by atoms with E-state index >= 15 is 0 Å². The van der Waals surface area contributed by atoms with Crippen LogP contribution in [0, 0.1) is 0 Å². The highest BCUT2D eigenvalue weighted by molar-refractivity contribution is 5.68. The molecule has 2 aromatic heterocycles. The summed E-state index contributed by atoms with van der Waals surface area (Å²) >= 11 is 0. The van der Waals surface area contributed by atoms with Gasteiger partial charge in [0.1, 0.15) is 5.69 Å². The van der Waals surface area contributed by atoms with E-state index < -0.39 is 0 Å². The van der Waals surface area contributed by atoms with E-state index in [4.69, 9.17) is 10.5 Å². The molecule has 0 aromatic carbocycles. The minimum absolute atomic E-state index is 0.411. The predicted molar refractivity (Wildman–Crippen MR) is 82.8 cm³/mol. The summed E-state index contributed by atoms with van der Waals surface area (Å²) in [6.45, 7) is 2.85. The summed E-state index contributed by atoms with van der Waals surface area (Å²) in [7, 11) is 0. The third-order valence-corrected chi connectivity index (χ3v) is 4.09. The molecule has 5 heteroatoms. The van der Waals surface area contributed by atoms with E-state index in [-0.39, 0.29) is 0 Å². The Hall–Kier alpha value is -1.88. The maximum Gasteiger partial charge on any atom is 0.134 e. The van der Waals surface area contributed by atoms with Crippen molar-refractivity contribution in [1.82, 2.24) is 14.8 Å². The molecule has 0 atom stereocenters. The van der Waals surface area contributed by atoms with Crippen LogP contribution in [0.4, 0.5) is 5.69 Å². The van der Waals surface area contributed by atoms with Crippen LogP contribution in [0.2, 0.25) is 0 Å². The Morgan fingerprint density at radius 3 is 2.76 bits per heavy atom. The summed E-state index contributed by atoms with van der Waals surface area (Å²) < 4.78 is 7.72. The van der Waals surface area contributed by atoms with Crippen molar-refractivity contribution in [2.24, 2.45) is 0 Å². The normalized spacial score (nSPS) is 22.3. The maximum absolute atomic E-state index is 6.11. The van der Waals surface area contributed by atoms with Crippen LogP contribution in [0.15, 0.2) is 30.6 Å². The maximum atomic E-state index is 6.11. The van der Waals surface area contributed by atoms with E-state index in [1.807, 2.05) is 29.1 Å². The Balaban J connectivity index is 1.73. The molecule has 1 aliphatic carbocycles. The van der Waals surface area contributed by atoms with E-state index in [0.717, 1.165) is 43.7 Å². The molecule has 0 bridgehead atoms. The summed E-state index contributed by atoms with van der Waals surface area (Å²) in [5.74, 6) is 0. The van der Waals surface area contributed by atoms with Gasteiger partial charge in [0.15, 0.2) is 0 Å². The zero-order valence-corrected chi connectivity index (χ0v) is 12.4. The largest absolute Gasteiger partial charge is 0.396 e. The molecule has 0 spiro atoms. The first-order valence-electron chi connectivity index (χ1n) is 7.65. The molecule has 0 radical (unpaired) electrons. The Morgan fingerprint density at radius 1 is 1.29 bits per heavy atom. The van der Waals surface area contributed by atoms with Crippen molar-refractivity contribution in [2.45, 2.75) is 44.8 Å². The van der Waals surface area contributed by atoms with Crippen molar-refractivity contribution in [3.05, 3.63) is 30.6 Å². The van der Waals surface area contributed by atoms with Gasteiger partial charge in [0.05, 0.1) is 23.5 Å². The van der Waals surface area contributed by atoms with E-state index in [2.05, 4.69) is 17.0 Å². The van der Waals surface area contributed by atoms with Crippen LogP contribution >= 0.6 is 0 Å². The Bertz CT molecular complexity index is 573. The molecule has 0 amide bonds. The number of anilines is 1. The molecule has 1 fully saturated rings. The fraction of sp³-hybridized carbons (Fsp3) is 0.500. The first-order chi connectivity index (χ1) is 10.3. The number of hydrogen-bond donors (Lipinski definition) is 1. The Kier molecular flexibility index (Phi) is 4.20. The molecule has 1 aliphatic rings. The molecule has 3 rings (SSSR count). The van der Waals surface area contributed by atoms with Gasteiger partial charge in [-0.3, -0.25) is 9.67 Å². The van der Waals surface area contributed by atoms with Gasteiger partial charge < -0.3 is 10.5 Å². The van der Waals surface area contributed by atoms with Crippen molar-refractivity contribution in [3.8, 4) is 11.4 Å². The summed E-state index contributed by atoms with van der Waals surface area (Å²) in [6, 6.07) is 6.20. The fourth-order valence-corrected chi connectivity index (χ4v) is 3.01. The van der Waals surface area contributed by atoms with Gasteiger partial charge in [-0.1, -0.05) is 6.07 Å². The van der Waals surface area contributed by atoms with Crippen LogP contribution in [0.25, 0.3) is 11.4 Å². The number of nitrogens with zero attached hydrogens (tertiary/aromatic N) is 3. The molecule has 2 N–H and O–H groups in total. The number of aromatic nitrogens is 3. The van der Waals surface area contributed by atoms with Gasteiger partial charge in [-0.2, -0.15) is 5.10 Å². The molecule has 2 aromatic rings. The minimum atomic E-state index is 0.411. The second-order valence-corrected chi connectivity index (χ2v) is 5.51. The van der Waals surface area contributed by atoms with Gasteiger partial charge in [-0.05, 0) is 44.7 Å². The Morgan fingerprint density at radius 2 is 2.10 bits per heavy atom. The SMILES string of the molecule is CCO[C@H]1CC[C@H](n2cc(N)c(-c3ccccn3)n2)CC1. The molecule has 21 heavy (non-hydrogen) atoms. The summed E-state index contributed by atoms with van der Waals surface area (Å²) in [4.78, 5) is 4.33. The molecule has 0 unspecified atom stereocenters. The van der Waals surface area contributed by atoms with Gasteiger partial charge in [-0.25, -0.2) is 0 Å². The number of nitrogens with two attached hydrogens (primary N) is 1. The lowest BCUT2D eigenvalue weighted by atomic mass is 9.93. The highest BCUT2D eigenvalue weighted by Gasteiger charge is 2.24. The van der Waals surface area contributed by atoms with Crippen LogP contribution in [0.1, 0.15) is 38.6 Å². The third-order valence-electron chi connectivity index (χ3n) is 4.09. The van der Waals surface area contributed by atoms with Gasteiger partial charge >= 0.3 is 0 Å². The highest BCUT2D eigenvalue weighted by atomic mass is 16.5. The van der Waals surface area contributed by atoms with Gasteiger partial charge in [0.2, 0.25) is 0 Å². The van der Waals surface area contributed by atoms with Crippen LogP contribution in [-0.2, 0) is 4.74 Å².